The SMILES string of the molecule is C.C=C.C=CC.C=CCC.CC.CC(C)C.CCC.CCCC. The van der Waals surface area contributed by atoms with Gasteiger partial charge < -0.3 is 0 Å². The Kier molecular flexibility index (Phi) is 276. The number of unbranched alkanes of at least 4 members (excludes halogenated alkanes) is 1. The van der Waals surface area contributed by atoms with E-state index in [9.17, 15) is 0 Å². The lowest BCUT2D eigenvalue weighted by Crippen LogP contribution is -1.66. The van der Waals surface area contributed by atoms with E-state index in [1.807, 2.05) is 26.8 Å². The van der Waals surface area contributed by atoms with Gasteiger partial charge in [-0.3, -0.25) is 0 Å². The van der Waals surface area contributed by atoms with Crippen molar-refractivity contribution in [2.45, 2.75) is 109 Å². The van der Waals surface area contributed by atoms with Crippen molar-refractivity contribution in [1.29, 1.82) is 0 Å². The van der Waals surface area contributed by atoms with Crippen LogP contribution in [-0.2, 0) is 0 Å². The summed E-state index contributed by atoms with van der Waals surface area (Å²) in [5.41, 5.74) is 0. The third-order valence-corrected chi connectivity index (χ3v) is 0.789. The Morgan fingerprint density at radius 1 is 0.783 bits per heavy atom. The molecule has 0 aliphatic rings. The molecule has 0 saturated carbocycles. The van der Waals surface area contributed by atoms with Gasteiger partial charge in [0.2, 0.25) is 0 Å². The van der Waals surface area contributed by atoms with E-state index in [-0.39, 0.29) is 7.43 Å². The maximum atomic E-state index is 3.48. The topological polar surface area (TPSA) is 0 Å². The molecule has 0 aliphatic carbocycles. The molecule has 0 rings (SSSR count). The summed E-state index contributed by atoms with van der Waals surface area (Å²) in [6, 6.07) is 0. The minimum absolute atomic E-state index is 0. The van der Waals surface area contributed by atoms with Crippen LogP contribution in [0, 0.1) is 5.92 Å². The average Bonchev–Trinajstić information content (AvgIpc) is 2.52. The molecule has 0 amide bonds. The first-order valence-corrected chi connectivity index (χ1v) is 9.07. The lowest BCUT2D eigenvalue weighted by Gasteiger charge is -1.79. The monoisotopic (exact) mass is 332 g/mol. The standard InChI is InChI=1S/2C4H10.C4H8.C3H8.C3H6.C2H6.C2H4.CH4/c1-4(2)3;2*1-3-4-2;2*1-3-2;2*1-2;/h4H,1-3H3;3-4H2,1-2H3;3H,1,4H2,2H3;3H2,1-2H3;3H,1H2,2H3;1-2H3;1-2H2;1H4. The van der Waals surface area contributed by atoms with E-state index in [1.54, 1.807) is 6.08 Å². The number of rotatable bonds is 2. The number of hydrogen-bond acceptors (Lipinski definition) is 0. The zero-order valence-corrected chi connectivity index (χ0v) is 18.4. The summed E-state index contributed by atoms with van der Waals surface area (Å²) in [7, 11) is 0. The minimum atomic E-state index is 0. The summed E-state index contributed by atoms with van der Waals surface area (Å²) < 4.78 is 0. The van der Waals surface area contributed by atoms with Crippen LogP contribution in [0.5, 0.6) is 0 Å². The molecule has 0 atom stereocenters. The molecule has 0 N–H and O–H groups in total. The minimum Gasteiger partial charge on any atom is -0.106 e. The van der Waals surface area contributed by atoms with Crippen molar-refractivity contribution in [1.82, 2.24) is 0 Å². The van der Waals surface area contributed by atoms with Crippen molar-refractivity contribution < 1.29 is 0 Å². The molecule has 0 bridgehead atoms. The second-order valence-corrected chi connectivity index (χ2v) is 4.54. The van der Waals surface area contributed by atoms with E-state index in [0.717, 1.165) is 12.3 Å². The largest absolute Gasteiger partial charge is 0.106 e. The third-order valence-electron chi connectivity index (χ3n) is 0.789. The van der Waals surface area contributed by atoms with Gasteiger partial charge in [0.25, 0.3) is 0 Å². The Hall–Kier alpha value is -0.780. The van der Waals surface area contributed by atoms with Crippen LogP contribution in [-0.4, -0.2) is 0 Å². The van der Waals surface area contributed by atoms with Gasteiger partial charge in [-0.05, 0) is 19.3 Å². The van der Waals surface area contributed by atoms with Crippen LogP contribution in [0.3, 0.4) is 0 Å². The number of allylic oxidation sites excluding steroid dienone is 2. The van der Waals surface area contributed by atoms with Crippen LogP contribution in [0.2, 0.25) is 0 Å². The molecule has 0 nitrogen and oxygen atoms in total. The van der Waals surface area contributed by atoms with E-state index in [0.29, 0.717) is 0 Å². The summed E-state index contributed by atoms with van der Waals surface area (Å²) in [6.45, 7) is 35.9. The molecule has 0 aromatic heterocycles. The van der Waals surface area contributed by atoms with Crippen LogP contribution >= 0.6 is 0 Å². The van der Waals surface area contributed by atoms with Gasteiger partial charge in [-0.1, -0.05) is 108 Å². The van der Waals surface area contributed by atoms with Gasteiger partial charge in [0.15, 0.2) is 0 Å². The van der Waals surface area contributed by atoms with Crippen molar-refractivity contribution in [2.24, 2.45) is 5.92 Å². The highest BCUT2D eigenvalue weighted by atomic mass is 13.7. The first-order valence-electron chi connectivity index (χ1n) is 9.07. The van der Waals surface area contributed by atoms with Crippen LogP contribution in [0.4, 0.5) is 0 Å². The second-order valence-electron chi connectivity index (χ2n) is 4.54. The van der Waals surface area contributed by atoms with Gasteiger partial charge in [0.1, 0.15) is 0 Å². The quantitative estimate of drug-likeness (QED) is 0.441. The fraction of sp³-hybridized carbons (Fsp3) is 0.739. The van der Waals surface area contributed by atoms with E-state index >= 15 is 0 Å². The van der Waals surface area contributed by atoms with Gasteiger partial charge in [-0.25, -0.2) is 0 Å². The van der Waals surface area contributed by atoms with E-state index < -0.39 is 0 Å². The Labute approximate surface area is 154 Å². The number of hydrogen-bond donors (Lipinski definition) is 0. The summed E-state index contributed by atoms with van der Waals surface area (Å²) in [5.74, 6) is 0.833. The van der Waals surface area contributed by atoms with Crippen LogP contribution in [0.25, 0.3) is 0 Å². The Balaban J connectivity index is -0.0000000192. The molecule has 148 valence electrons. The molecular formula is C23H56. The molecular weight excluding hydrogens is 276 g/mol. The highest BCUT2D eigenvalue weighted by molar-refractivity contribution is 4.60. The maximum absolute atomic E-state index is 3.48. The summed E-state index contributed by atoms with van der Waals surface area (Å²) in [4.78, 5) is 0. The van der Waals surface area contributed by atoms with Gasteiger partial charge in [-0.2, -0.15) is 0 Å². The lowest BCUT2D eigenvalue weighted by molar-refractivity contribution is 0.737. The summed E-state index contributed by atoms with van der Waals surface area (Å²) in [6.07, 6.45) is 8.60. The molecule has 0 aliphatic heterocycles. The summed E-state index contributed by atoms with van der Waals surface area (Å²) in [5, 5.41) is 0. The Morgan fingerprint density at radius 3 is 0.870 bits per heavy atom. The maximum Gasteiger partial charge on any atom is -0.0382 e. The van der Waals surface area contributed by atoms with Crippen molar-refractivity contribution in [3.63, 3.8) is 0 Å². The van der Waals surface area contributed by atoms with Crippen LogP contribution in [0.15, 0.2) is 38.5 Å². The third kappa shape index (κ3) is 5270. The molecule has 0 radical (unpaired) electrons. The van der Waals surface area contributed by atoms with Gasteiger partial charge in [0, 0.05) is 0 Å². The fourth-order valence-corrected chi connectivity index (χ4v) is 0. The molecule has 0 heteroatoms. The van der Waals surface area contributed by atoms with E-state index in [1.165, 1.54) is 19.3 Å². The highest BCUT2D eigenvalue weighted by Gasteiger charge is 1.68. The second kappa shape index (κ2) is 128. The van der Waals surface area contributed by atoms with Gasteiger partial charge in [-0.15, -0.1) is 26.3 Å². The first-order chi connectivity index (χ1) is 10.4. The van der Waals surface area contributed by atoms with Crippen molar-refractivity contribution in [2.75, 3.05) is 0 Å². The molecule has 0 aromatic rings. The lowest BCUT2D eigenvalue weighted by atomic mass is 10.3. The highest BCUT2D eigenvalue weighted by Crippen LogP contribution is 1.81. The van der Waals surface area contributed by atoms with Crippen LogP contribution < -0.4 is 0 Å². The Bertz CT molecular complexity index is 95.9. The predicted octanol–water partition coefficient (Wildman–Crippen LogP) is 10.1. The van der Waals surface area contributed by atoms with Crippen molar-refractivity contribution >= 4 is 0 Å². The van der Waals surface area contributed by atoms with Crippen molar-refractivity contribution in [3.05, 3.63) is 38.5 Å². The fourth-order valence-electron chi connectivity index (χ4n) is 0. The Morgan fingerprint density at radius 2 is 0.870 bits per heavy atom. The van der Waals surface area contributed by atoms with Crippen molar-refractivity contribution in [3.8, 4) is 0 Å². The normalized spacial score (nSPS) is 5.74. The molecule has 0 unspecified atom stereocenters. The smallest absolute Gasteiger partial charge is 0.0382 e. The molecule has 0 heterocycles. The molecule has 0 fully saturated rings. The first kappa shape index (κ1) is 49.5. The zero-order valence-electron chi connectivity index (χ0n) is 18.4. The average molecular weight is 333 g/mol. The predicted molar refractivity (Wildman–Crippen MR) is 123 cm³/mol. The van der Waals surface area contributed by atoms with Gasteiger partial charge in [0.05, 0.1) is 0 Å². The molecule has 0 spiro atoms. The molecule has 23 heavy (non-hydrogen) atoms. The summed E-state index contributed by atoms with van der Waals surface area (Å²) >= 11 is 0. The van der Waals surface area contributed by atoms with Gasteiger partial charge >= 0.3 is 0 Å². The molecule has 0 aromatic carbocycles. The zero-order chi connectivity index (χ0) is 19.8. The van der Waals surface area contributed by atoms with Crippen LogP contribution in [0.1, 0.15) is 109 Å². The van der Waals surface area contributed by atoms with E-state index in [4.69, 9.17) is 0 Å². The molecule has 0 saturated heterocycles. The van der Waals surface area contributed by atoms with E-state index in [2.05, 4.69) is 81.7 Å².